The Balaban J connectivity index is 1.78. The fourth-order valence-corrected chi connectivity index (χ4v) is 3.01. The largest absolute Gasteiger partial charge is 0.487 e. The second-order valence-corrected chi connectivity index (χ2v) is 6.92. The summed E-state index contributed by atoms with van der Waals surface area (Å²) in [5.41, 5.74) is 4.33. The van der Waals surface area contributed by atoms with Crippen LogP contribution in [0.25, 0.3) is 11.6 Å². The maximum Gasteiger partial charge on any atom is 0.138 e. The Labute approximate surface area is 169 Å². The van der Waals surface area contributed by atoms with Crippen molar-refractivity contribution in [2.45, 2.75) is 13.5 Å². The lowest BCUT2D eigenvalue weighted by atomic mass is 10.0. The number of rotatable bonds is 5. The molecule has 2 nitrogen and oxygen atoms in total. The highest BCUT2D eigenvalue weighted by Crippen LogP contribution is 2.29. The molecule has 0 bridgehead atoms. The third-order valence-corrected chi connectivity index (χ3v) is 4.76. The van der Waals surface area contributed by atoms with Gasteiger partial charge in [-0.1, -0.05) is 77.3 Å². The molecule has 0 atom stereocenters. The zero-order valence-electron chi connectivity index (χ0n) is 14.7. The van der Waals surface area contributed by atoms with Gasteiger partial charge >= 0.3 is 0 Å². The van der Waals surface area contributed by atoms with E-state index in [9.17, 15) is 5.26 Å². The summed E-state index contributed by atoms with van der Waals surface area (Å²) in [4.78, 5) is 0. The molecule has 0 aliphatic carbocycles. The molecule has 0 saturated carbocycles. The van der Waals surface area contributed by atoms with Crippen LogP contribution in [0.5, 0.6) is 5.75 Å². The van der Waals surface area contributed by atoms with E-state index in [2.05, 4.69) is 6.07 Å². The zero-order valence-corrected chi connectivity index (χ0v) is 16.3. The molecule has 27 heavy (non-hydrogen) atoms. The Hall–Kier alpha value is -2.73. The van der Waals surface area contributed by atoms with Gasteiger partial charge in [0, 0.05) is 10.6 Å². The van der Waals surface area contributed by atoms with Crippen molar-refractivity contribution in [2.24, 2.45) is 0 Å². The number of allylic oxidation sites excluding steroid dienone is 1. The molecule has 0 unspecified atom stereocenters. The number of aryl methyl sites for hydroxylation is 1. The Morgan fingerprint density at radius 2 is 1.74 bits per heavy atom. The number of nitrogens with zero attached hydrogens (tertiary/aromatic N) is 1. The van der Waals surface area contributed by atoms with Gasteiger partial charge in [-0.3, -0.25) is 0 Å². The van der Waals surface area contributed by atoms with E-state index < -0.39 is 0 Å². The lowest BCUT2D eigenvalue weighted by Crippen LogP contribution is -1.96. The topological polar surface area (TPSA) is 33.0 Å². The van der Waals surface area contributed by atoms with Crippen molar-refractivity contribution in [3.8, 4) is 11.8 Å². The SMILES string of the molecule is Cc1ccc(/C(C#N)=C/c2ccc(OCc3ccccc3Cl)c(Cl)c2)cc1. The van der Waals surface area contributed by atoms with Crippen molar-refractivity contribution >= 4 is 34.9 Å². The van der Waals surface area contributed by atoms with Crippen LogP contribution in [0, 0.1) is 18.3 Å². The molecule has 3 rings (SSSR count). The zero-order chi connectivity index (χ0) is 19.2. The fourth-order valence-electron chi connectivity index (χ4n) is 2.57. The van der Waals surface area contributed by atoms with Gasteiger partial charge in [-0.2, -0.15) is 5.26 Å². The van der Waals surface area contributed by atoms with E-state index in [1.807, 2.05) is 67.6 Å². The smallest absolute Gasteiger partial charge is 0.138 e. The summed E-state index contributed by atoms with van der Waals surface area (Å²) in [6.07, 6.45) is 1.81. The molecule has 3 aromatic carbocycles. The van der Waals surface area contributed by atoms with E-state index in [1.165, 1.54) is 0 Å². The van der Waals surface area contributed by atoms with Crippen LogP contribution in [0.4, 0.5) is 0 Å². The van der Waals surface area contributed by atoms with Gasteiger partial charge in [-0.25, -0.2) is 0 Å². The van der Waals surface area contributed by atoms with Crippen molar-refractivity contribution in [3.63, 3.8) is 0 Å². The minimum Gasteiger partial charge on any atom is -0.487 e. The number of hydrogen-bond donors (Lipinski definition) is 0. The molecule has 0 saturated heterocycles. The highest BCUT2D eigenvalue weighted by molar-refractivity contribution is 6.32. The molecule has 0 radical (unpaired) electrons. The summed E-state index contributed by atoms with van der Waals surface area (Å²) in [5, 5.41) is 10.6. The fraction of sp³-hybridized carbons (Fsp3) is 0.0870. The molecule has 134 valence electrons. The first-order valence-corrected chi connectivity index (χ1v) is 9.17. The molecule has 0 heterocycles. The van der Waals surface area contributed by atoms with Crippen LogP contribution in [0.1, 0.15) is 22.3 Å². The first-order valence-electron chi connectivity index (χ1n) is 8.41. The lowest BCUT2D eigenvalue weighted by Gasteiger charge is -2.10. The molecule has 0 spiro atoms. The van der Waals surface area contributed by atoms with Gasteiger partial charge in [0.05, 0.1) is 16.7 Å². The van der Waals surface area contributed by atoms with Gasteiger partial charge in [0.15, 0.2) is 0 Å². The number of nitriles is 1. The Morgan fingerprint density at radius 3 is 2.41 bits per heavy atom. The van der Waals surface area contributed by atoms with E-state index in [0.717, 1.165) is 22.3 Å². The van der Waals surface area contributed by atoms with Crippen LogP contribution in [0.15, 0.2) is 66.7 Å². The lowest BCUT2D eigenvalue weighted by molar-refractivity contribution is 0.306. The monoisotopic (exact) mass is 393 g/mol. The Morgan fingerprint density at radius 1 is 1.00 bits per heavy atom. The van der Waals surface area contributed by atoms with Gasteiger partial charge < -0.3 is 4.74 Å². The summed E-state index contributed by atoms with van der Waals surface area (Å²) in [6, 6.07) is 23.1. The van der Waals surface area contributed by atoms with E-state index in [1.54, 1.807) is 12.1 Å². The third-order valence-electron chi connectivity index (χ3n) is 4.09. The van der Waals surface area contributed by atoms with E-state index in [0.29, 0.717) is 28.0 Å². The minimum atomic E-state index is 0.335. The maximum atomic E-state index is 9.48. The van der Waals surface area contributed by atoms with Gasteiger partial charge in [-0.05, 0) is 42.3 Å². The Kier molecular flexibility index (Phi) is 6.19. The quantitative estimate of drug-likeness (QED) is 0.347. The van der Waals surface area contributed by atoms with Crippen LogP contribution in [0.2, 0.25) is 10.0 Å². The highest BCUT2D eigenvalue weighted by Gasteiger charge is 2.06. The van der Waals surface area contributed by atoms with Crippen molar-refractivity contribution < 1.29 is 4.74 Å². The molecule has 0 N–H and O–H groups in total. The highest BCUT2D eigenvalue weighted by atomic mass is 35.5. The molecular formula is C23H17Cl2NO. The molecule has 0 amide bonds. The van der Waals surface area contributed by atoms with Crippen molar-refractivity contribution in [1.29, 1.82) is 5.26 Å². The molecule has 0 fully saturated rings. The van der Waals surface area contributed by atoms with Crippen LogP contribution in [0.3, 0.4) is 0 Å². The molecular weight excluding hydrogens is 377 g/mol. The molecule has 0 aliphatic heterocycles. The van der Waals surface area contributed by atoms with E-state index in [4.69, 9.17) is 27.9 Å². The maximum absolute atomic E-state index is 9.48. The van der Waals surface area contributed by atoms with Crippen molar-refractivity contribution in [1.82, 2.24) is 0 Å². The average Bonchev–Trinajstić information content (AvgIpc) is 2.67. The molecule has 0 aliphatic rings. The van der Waals surface area contributed by atoms with Crippen LogP contribution in [-0.2, 0) is 6.61 Å². The van der Waals surface area contributed by atoms with Gasteiger partial charge in [0.1, 0.15) is 12.4 Å². The molecule has 0 aromatic heterocycles. The van der Waals surface area contributed by atoms with E-state index >= 15 is 0 Å². The number of ether oxygens (including phenoxy) is 1. The normalized spacial score (nSPS) is 11.1. The van der Waals surface area contributed by atoms with Gasteiger partial charge in [-0.15, -0.1) is 0 Å². The predicted molar refractivity (Wildman–Crippen MR) is 112 cm³/mol. The minimum absolute atomic E-state index is 0.335. The predicted octanol–water partition coefficient (Wildman–Crippen LogP) is 6.95. The number of hydrogen-bond acceptors (Lipinski definition) is 2. The first kappa shape index (κ1) is 19.0. The van der Waals surface area contributed by atoms with Crippen LogP contribution in [-0.4, -0.2) is 0 Å². The molecule has 3 aromatic rings. The third kappa shape index (κ3) is 4.92. The summed E-state index contributed by atoms with van der Waals surface area (Å²) >= 11 is 12.5. The van der Waals surface area contributed by atoms with Gasteiger partial charge in [0.2, 0.25) is 0 Å². The Bertz CT molecular complexity index is 1020. The summed E-state index contributed by atoms with van der Waals surface area (Å²) in [6.45, 7) is 2.35. The van der Waals surface area contributed by atoms with E-state index in [-0.39, 0.29) is 0 Å². The van der Waals surface area contributed by atoms with Crippen LogP contribution >= 0.6 is 23.2 Å². The summed E-state index contributed by atoms with van der Waals surface area (Å²) < 4.78 is 5.79. The second kappa shape index (κ2) is 8.77. The second-order valence-electron chi connectivity index (χ2n) is 6.11. The number of halogens is 2. The summed E-state index contributed by atoms with van der Waals surface area (Å²) in [7, 11) is 0. The number of benzene rings is 3. The summed E-state index contributed by atoms with van der Waals surface area (Å²) in [5.74, 6) is 0.572. The standard InChI is InChI=1S/C23H17Cl2NO/c1-16-6-9-18(10-7-16)20(14-26)12-17-8-11-23(22(25)13-17)27-15-19-4-2-3-5-21(19)24/h2-13H,15H2,1H3/b20-12+. The van der Waals surface area contributed by atoms with Crippen LogP contribution < -0.4 is 4.74 Å². The first-order chi connectivity index (χ1) is 13.1. The molecule has 4 heteroatoms. The van der Waals surface area contributed by atoms with Gasteiger partial charge in [0.25, 0.3) is 0 Å². The van der Waals surface area contributed by atoms with Crippen molar-refractivity contribution in [2.75, 3.05) is 0 Å². The van der Waals surface area contributed by atoms with Crippen molar-refractivity contribution in [3.05, 3.63) is 99.0 Å². The average molecular weight is 394 g/mol.